The zero-order valence-electron chi connectivity index (χ0n) is 18.7. The van der Waals surface area contributed by atoms with Crippen LogP contribution in [0, 0.1) is 17.3 Å². The van der Waals surface area contributed by atoms with Crippen molar-refractivity contribution < 1.29 is 24.2 Å². The molecule has 5 rings (SSSR count). The van der Waals surface area contributed by atoms with Gasteiger partial charge in [-0.05, 0) is 97.1 Å². The molecule has 5 heteroatoms. The lowest BCUT2D eigenvalue weighted by Gasteiger charge is -2.50. The van der Waals surface area contributed by atoms with Gasteiger partial charge in [0.1, 0.15) is 17.1 Å². The third-order valence-corrected chi connectivity index (χ3v) is 8.22. The number of rotatable bonds is 3. The second-order valence-corrected chi connectivity index (χ2v) is 9.89. The van der Waals surface area contributed by atoms with E-state index in [1.165, 1.54) is 18.1 Å². The number of hydrogen-bond acceptors (Lipinski definition) is 5. The zero-order valence-corrected chi connectivity index (χ0v) is 18.7. The van der Waals surface area contributed by atoms with Gasteiger partial charge in [0.05, 0.1) is 6.10 Å². The number of aryl methyl sites for hydroxylation is 1. The molecule has 0 unspecified atom stereocenters. The maximum atomic E-state index is 12.8. The number of esters is 2. The minimum Gasteiger partial charge on any atom is -0.426 e. The summed E-state index contributed by atoms with van der Waals surface area (Å²) in [4.78, 5) is 24.1. The van der Waals surface area contributed by atoms with Gasteiger partial charge >= 0.3 is 11.9 Å². The molecule has 0 radical (unpaired) electrons. The largest absolute Gasteiger partial charge is 0.426 e. The quantitative estimate of drug-likeness (QED) is 0.541. The van der Waals surface area contributed by atoms with Crippen molar-refractivity contribution in [2.75, 3.05) is 0 Å². The van der Waals surface area contributed by atoms with Gasteiger partial charge in [0.2, 0.25) is 0 Å². The molecule has 2 fully saturated rings. The number of benzene rings is 2. The molecule has 2 aromatic rings. The Morgan fingerprint density at radius 2 is 1.84 bits per heavy atom. The average Bonchev–Trinajstić information content (AvgIpc) is 3.08. The van der Waals surface area contributed by atoms with E-state index in [1.54, 1.807) is 24.3 Å². The molecule has 5 atom stereocenters. The van der Waals surface area contributed by atoms with E-state index in [2.05, 4.69) is 13.0 Å². The molecule has 1 N–H and O–H groups in total. The minimum absolute atomic E-state index is 0.0729. The Kier molecular flexibility index (Phi) is 5.32. The highest BCUT2D eigenvalue weighted by Gasteiger charge is 2.54. The normalized spacial score (nSPS) is 30.6. The van der Waals surface area contributed by atoms with E-state index in [-0.39, 0.29) is 22.8 Å². The van der Waals surface area contributed by atoms with E-state index in [0.29, 0.717) is 23.5 Å². The van der Waals surface area contributed by atoms with Crippen LogP contribution < -0.4 is 9.47 Å². The number of ether oxygens (including phenoxy) is 2. The Labute approximate surface area is 188 Å². The topological polar surface area (TPSA) is 72.8 Å². The van der Waals surface area contributed by atoms with E-state index in [0.717, 1.165) is 38.5 Å². The van der Waals surface area contributed by atoms with Gasteiger partial charge in [0.25, 0.3) is 0 Å². The summed E-state index contributed by atoms with van der Waals surface area (Å²) >= 11 is 0. The van der Waals surface area contributed by atoms with Crippen LogP contribution in [0.4, 0.5) is 0 Å². The van der Waals surface area contributed by atoms with Crippen LogP contribution in [0.2, 0.25) is 0 Å². The monoisotopic (exact) mass is 434 g/mol. The first-order valence-electron chi connectivity index (χ1n) is 11.7. The molecular weight excluding hydrogens is 404 g/mol. The maximum absolute atomic E-state index is 12.8. The van der Waals surface area contributed by atoms with Gasteiger partial charge in [-0.25, -0.2) is 4.79 Å². The smallest absolute Gasteiger partial charge is 0.347 e. The van der Waals surface area contributed by atoms with Gasteiger partial charge in [-0.2, -0.15) is 0 Å². The molecular formula is C27H30O5. The van der Waals surface area contributed by atoms with E-state index >= 15 is 0 Å². The molecule has 5 nitrogen and oxygen atoms in total. The number of aliphatic hydroxyl groups excluding tert-OH is 1. The van der Waals surface area contributed by atoms with Crippen LogP contribution in [0.5, 0.6) is 11.5 Å². The van der Waals surface area contributed by atoms with Gasteiger partial charge in [-0.3, -0.25) is 4.79 Å². The molecule has 0 heterocycles. The average molecular weight is 435 g/mol. The summed E-state index contributed by atoms with van der Waals surface area (Å²) < 4.78 is 10.8. The highest BCUT2D eigenvalue weighted by Crippen LogP contribution is 2.60. The first-order chi connectivity index (χ1) is 15.4. The van der Waals surface area contributed by atoms with Gasteiger partial charge in [0, 0.05) is 6.92 Å². The number of carbonyl (C=O) groups is 2. The molecule has 0 bridgehead atoms. The van der Waals surface area contributed by atoms with E-state index in [1.807, 2.05) is 12.1 Å². The summed E-state index contributed by atoms with van der Waals surface area (Å²) in [6.07, 6.45) is 6.17. The molecule has 3 aliphatic carbocycles. The van der Waals surface area contributed by atoms with Gasteiger partial charge in [0.15, 0.2) is 0 Å². The highest BCUT2D eigenvalue weighted by molar-refractivity contribution is 5.94. The fraction of sp³-hybridized carbons (Fsp3) is 0.481. The summed E-state index contributed by atoms with van der Waals surface area (Å²) in [5, 5.41) is 10.6. The van der Waals surface area contributed by atoms with Gasteiger partial charge in [-0.15, -0.1) is 0 Å². The second kappa shape index (κ2) is 8.04. The molecule has 0 amide bonds. The lowest BCUT2D eigenvalue weighted by atomic mass is 9.55. The molecule has 0 aliphatic heterocycles. The molecule has 3 aliphatic rings. The number of fused-ring (bicyclic) bond motifs is 5. The molecule has 0 saturated heterocycles. The summed E-state index contributed by atoms with van der Waals surface area (Å²) in [6.45, 7) is 3.59. The van der Waals surface area contributed by atoms with Crippen molar-refractivity contribution in [1.82, 2.24) is 0 Å². The lowest BCUT2D eigenvalue weighted by molar-refractivity contribution is -0.131. The molecule has 2 aromatic carbocycles. The van der Waals surface area contributed by atoms with E-state index < -0.39 is 11.9 Å². The number of para-hydroxylation sites is 1. The number of carbonyl (C=O) groups excluding carboxylic acids is 2. The first-order valence-corrected chi connectivity index (χ1v) is 11.7. The van der Waals surface area contributed by atoms with Crippen LogP contribution >= 0.6 is 0 Å². The van der Waals surface area contributed by atoms with Crippen molar-refractivity contribution in [3.63, 3.8) is 0 Å². The predicted molar refractivity (Wildman–Crippen MR) is 120 cm³/mol. The number of hydrogen-bond donors (Lipinski definition) is 1. The van der Waals surface area contributed by atoms with Crippen LogP contribution in [-0.2, 0) is 11.2 Å². The molecule has 2 saturated carbocycles. The highest BCUT2D eigenvalue weighted by atomic mass is 16.5. The second-order valence-electron chi connectivity index (χ2n) is 9.89. The Hall–Kier alpha value is -2.66. The van der Waals surface area contributed by atoms with Crippen molar-refractivity contribution >= 4 is 11.9 Å². The minimum atomic E-state index is -0.538. The maximum Gasteiger partial charge on any atom is 0.347 e. The molecule has 32 heavy (non-hydrogen) atoms. The fourth-order valence-corrected chi connectivity index (χ4v) is 6.64. The zero-order chi connectivity index (χ0) is 22.5. The Bertz CT molecular complexity index is 1060. The Morgan fingerprint density at radius 3 is 2.66 bits per heavy atom. The Morgan fingerprint density at radius 1 is 1.03 bits per heavy atom. The van der Waals surface area contributed by atoms with Crippen molar-refractivity contribution in [3.8, 4) is 11.5 Å². The third-order valence-electron chi connectivity index (χ3n) is 8.22. The van der Waals surface area contributed by atoms with E-state index in [4.69, 9.17) is 9.47 Å². The van der Waals surface area contributed by atoms with Crippen LogP contribution in [-0.4, -0.2) is 23.1 Å². The van der Waals surface area contributed by atoms with Crippen molar-refractivity contribution in [1.29, 1.82) is 0 Å². The van der Waals surface area contributed by atoms with Crippen molar-refractivity contribution in [2.24, 2.45) is 17.3 Å². The third kappa shape index (κ3) is 3.53. The van der Waals surface area contributed by atoms with Crippen LogP contribution in [0.15, 0.2) is 42.5 Å². The molecule has 168 valence electrons. The summed E-state index contributed by atoms with van der Waals surface area (Å²) in [5.41, 5.74) is 2.94. The fourth-order valence-electron chi connectivity index (χ4n) is 6.64. The predicted octanol–water partition coefficient (Wildman–Crippen LogP) is 5.05. The molecule has 0 spiro atoms. The summed E-state index contributed by atoms with van der Waals surface area (Å²) in [5.74, 6) is 1.45. The van der Waals surface area contributed by atoms with E-state index in [9.17, 15) is 14.7 Å². The first kappa shape index (κ1) is 21.2. The van der Waals surface area contributed by atoms with Gasteiger partial charge in [-0.1, -0.05) is 25.1 Å². The lowest BCUT2D eigenvalue weighted by Crippen LogP contribution is -2.43. The van der Waals surface area contributed by atoms with Crippen LogP contribution in [0.25, 0.3) is 0 Å². The Balaban J connectivity index is 1.35. The SMILES string of the molecule is CC(=O)Oc1ccccc1C(=O)Oc1ccc2c(c1)CC[C@@H]1[C@@H]2CC[C@]2(C)[C@@H](O)CC[C@@H]12. The van der Waals surface area contributed by atoms with Crippen molar-refractivity contribution in [2.45, 2.75) is 64.4 Å². The number of aliphatic hydroxyl groups is 1. The molecule has 0 aromatic heterocycles. The van der Waals surface area contributed by atoms with Gasteiger partial charge < -0.3 is 14.6 Å². The van der Waals surface area contributed by atoms with Crippen LogP contribution in [0.1, 0.15) is 73.4 Å². The van der Waals surface area contributed by atoms with Crippen molar-refractivity contribution in [3.05, 3.63) is 59.2 Å². The summed E-state index contributed by atoms with van der Waals surface area (Å²) in [6, 6.07) is 12.6. The standard InChI is InChI=1S/C27H30O5/c1-16(28)31-24-6-4-3-5-22(24)26(30)32-18-8-10-19-17(15-18)7-9-21-20(19)13-14-27(2)23(21)11-12-25(27)29/h3-6,8,10,15,20-21,23,25,29H,7,9,11-14H2,1-2H3/t20-,21-,23+,25+,27+/m1/s1. The van der Waals surface area contributed by atoms with Crippen LogP contribution in [0.3, 0.4) is 0 Å². The summed E-state index contributed by atoms with van der Waals surface area (Å²) in [7, 11) is 0.